The second-order valence-corrected chi connectivity index (χ2v) is 5.60. The molecular weight excluding hydrogens is 246 g/mol. The summed E-state index contributed by atoms with van der Waals surface area (Å²) in [6, 6.07) is 0. The molecule has 7 heteroatoms. The summed E-state index contributed by atoms with van der Waals surface area (Å²) in [7, 11) is 1.49. The quantitative estimate of drug-likeness (QED) is 0.372. The Labute approximate surface area is 105 Å². The van der Waals surface area contributed by atoms with Crippen molar-refractivity contribution in [3.8, 4) is 0 Å². The molecule has 6 nitrogen and oxygen atoms in total. The van der Waals surface area contributed by atoms with Gasteiger partial charge in [0.15, 0.2) is 0 Å². The molecule has 0 aromatic rings. The first-order valence-electron chi connectivity index (χ1n) is 5.50. The topological polar surface area (TPSA) is 102 Å². The van der Waals surface area contributed by atoms with Crippen LogP contribution in [0.4, 0.5) is 0 Å². The Balaban J connectivity index is 2.83. The van der Waals surface area contributed by atoms with Crippen LogP contribution in [-0.2, 0) is 4.74 Å². The van der Waals surface area contributed by atoms with E-state index in [1.54, 1.807) is 6.92 Å². The number of nitrogens with one attached hydrogen (secondary N) is 1. The van der Waals surface area contributed by atoms with E-state index in [9.17, 15) is 15.3 Å². The molecule has 0 aliphatic carbocycles. The Morgan fingerprint density at radius 1 is 1.53 bits per heavy atom. The molecule has 1 saturated heterocycles. The summed E-state index contributed by atoms with van der Waals surface area (Å²) in [4.78, 5) is 0. The summed E-state index contributed by atoms with van der Waals surface area (Å²) in [5, 5.41) is 40.9. The van der Waals surface area contributed by atoms with Crippen molar-refractivity contribution in [1.82, 2.24) is 5.32 Å². The van der Waals surface area contributed by atoms with E-state index in [1.807, 2.05) is 0 Å². The van der Waals surface area contributed by atoms with E-state index in [-0.39, 0.29) is 13.2 Å². The van der Waals surface area contributed by atoms with Gasteiger partial charge in [0.05, 0.1) is 30.1 Å². The molecule has 0 amide bonds. The first kappa shape index (κ1) is 15.2. The van der Waals surface area contributed by atoms with Gasteiger partial charge in [-0.1, -0.05) is 0 Å². The van der Waals surface area contributed by atoms with E-state index in [2.05, 4.69) is 5.32 Å². The maximum absolute atomic E-state index is 10.1. The summed E-state index contributed by atoms with van der Waals surface area (Å²) in [5.74, 6) is 0.440. The Morgan fingerprint density at radius 2 is 2.18 bits per heavy atom. The lowest BCUT2D eigenvalue weighted by molar-refractivity contribution is -0.0814. The summed E-state index contributed by atoms with van der Waals surface area (Å²) < 4.78 is 5.05. The third kappa shape index (κ3) is 3.31. The van der Waals surface area contributed by atoms with Crippen molar-refractivity contribution in [3.05, 3.63) is 0 Å². The van der Waals surface area contributed by atoms with Gasteiger partial charge in [-0.2, -0.15) is 11.8 Å². The minimum atomic E-state index is -1.10. The molecule has 102 valence electrons. The predicted octanol–water partition coefficient (Wildman–Crippen LogP) is -1.87. The fraction of sp³-hybridized carbons (Fsp3) is 1.00. The maximum atomic E-state index is 10.1. The van der Waals surface area contributed by atoms with Gasteiger partial charge >= 0.3 is 0 Å². The molecule has 5 N–H and O–H groups in total. The molecule has 0 aromatic carbocycles. The molecule has 1 heterocycles. The molecule has 0 spiro atoms. The second kappa shape index (κ2) is 6.33. The van der Waals surface area contributed by atoms with Crippen molar-refractivity contribution in [2.75, 3.05) is 26.1 Å². The first-order chi connectivity index (χ1) is 7.96. The summed E-state index contributed by atoms with van der Waals surface area (Å²) >= 11 is 1.35. The summed E-state index contributed by atoms with van der Waals surface area (Å²) in [6.07, 6.45) is -2.98. The fourth-order valence-electron chi connectivity index (χ4n) is 2.10. The van der Waals surface area contributed by atoms with Gasteiger partial charge < -0.3 is 25.2 Å². The highest BCUT2D eigenvalue weighted by Crippen LogP contribution is 2.33. The van der Waals surface area contributed by atoms with Crippen LogP contribution < -0.4 is 5.32 Å². The van der Waals surface area contributed by atoms with Crippen LogP contribution in [0, 0.1) is 0 Å². The van der Waals surface area contributed by atoms with Crippen molar-refractivity contribution in [1.29, 1.82) is 0 Å². The van der Waals surface area contributed by atoms with Crippen LogP contribution in [0.25, 0.3) is 0 Å². The molecule has 0 aromatic heterocycles. The normalized spacial score (nSPS) is 40.2. The lowest BCUT2D eigenvalue weighted by atomic mass is 9.89. The molecule has 1 rings (SSSR count). The zero-order valence-corrected chi connectivity index (χ0v) is 10.9. The first-order valence-corrected chi connectivity index (χ1v) is 6.55. The highest BCUT2D eigenvalue weighted by Gasteiger charge is 2.49. The molecule has 5 atom stereocenters. The number of ether oxygens (including phenoxy) is 1. The minimum Gasteiger partial charge on any atom is -0.395 e. The number of aliphatic hydroxyl groups is 4. The Hall–Kier alpha value is 0.110. The standard InChI is InChI=1S/C10H21NO5S/c1-6(13)11-10(4-16-2)5-17-7(3-12)8(14)9(10)15/h6-9,11-15H,3-5H2,1-2H3. The molecule has 1 aliphatic heterocycles. The van der Waals surface area contributed by atoms with Crippen molar-refractivity contribution in [2.45, 2.75) is 36.1 Å². The fourth-order valence-corrected chi connectivity index (χ4v) is 3.40. The molecule has 1 aliphatic rings. The highest BCUT2D eigenvalue weighted by molar-refractivity contribution is 8.00. The number of methoxy groups -OCH3 is 1. The lowest BCUT2D eigenvalue weighted by Gasteiger charge is -2.46. The van der Waals surface area contributed by atoms with Gasteiger partial charge in [-0.05, 0) is 6.92 Å². The molecule has 5 unspecified atom stereocenters. The number of aliphatic hydroxyl groups excluding tert-OH is 4. The lowest BCUT2D eigenvalue weighted by Crippen LogP contribution is -2.69. The number of thioether (sulfide) groups is 1. The zero-order valence-electron chi connectivity index (χ0n) is 10.0. The van der Waals surface area contributed by atoms with E-state index in [0.717, 1.165) is 0 Å². The van der Waals surface area contributed by atoms with E-state index in [4.69, 9.17) is 9.84 Å². The van der Waals surface area contributed by atoms with Crippen molar-refractivity contribution < 1.29 is 25.2 Å². The minimum absolute atomic E-state index is 0.168. The van der Waals surface area contributed by atoms with Crippen LogP contribution in [0.2, 0.25) is 0 Å². The molecule has 0 saturated carbocycles. The summed E-state index contributed by atoms with van der Waals surface area (Å²) in [5.41, 5.74) is -0.904. The van der Waals surface area contributed by atoms with Crippen LogP contribution in [0.3, 0.4) is 0 Å². The largest absolute Gasteiger partial charge is 0.395 e. The van der Waals surface area contributed by atoms with Crippen molar-refractivity contribution in [2.24, 2.45) is 0 Å². The van der Waals surface area contributed by atoms with Gasteiger partial charge in [-0.25, -0.2) is 0 Å². The average molecular weight is 267 g/mol. The van der Waals surface area contributed by atoms with Crippen molar-refractivity contribution >= 4 is 11.8 Å². The van der Waals surface area contributed by atoms with Crippen molar-refractivity contribution in [3.63, 3.8) is 0 Å². The van der Waals surface area contributed by atoms with Crippen LogP contribution in [0.5, 0.6) is 0 Å². The monoisotopic (exact) mass is 267 g/mol. The van der Waals surface area contributed by atoms with Gasteiger partial charge in [0.1, 0.15) is 12.3 Å². The number of rotatable bonds is 5. The SMILES string of the molecule is COCC1(NC(C)O)CSC(CO)C(O)C1O. The number of hydrogen-bond acceptors (Lipinski definition) is 7. The van der Waals surface area contributed by atoms with Crippen LogP contribution in [-0.4, -0.2) is 75.7 Å². The van der Waals surface area contributed by atoms with Crippen LogP contribution in [0.1, 0.15) is 6.92 Å². The third-order valence-electron chi connectivity index (χ3n) is 2.90. The Kier molecular flexibility index (Phi) is 5.65. The molecule has 0 bridgehead atoms. The van der Waals surface area contributed by atoms with Crippen LogP contribution >= 0.6 is 11.8 Å². The Bertz CT molecular complexity index is 243. The van der Waals surface area contributed by atoms with E-state index >= 15 is 0 Å². The molecular formula is C10H21NO5S. The van der Waals surface area contributed by atoms with E-state index in [0.29, 0.717) is 5.75 Å². The maximum Gasteiger partial charge on any atom is 0.102 e. The van der Waals surface area contributed by atoms with Gasteiger partial charge in [0.2, 0.25) is 0 Å². The Morgan fingerprint density at radius 3 is 2.65 bits per heavy atom. The number of hydrogen-bond donors (Lipinski definition) is 5. The molecule has 1 fully saturated rings. The average Bonchev–Trinajstić information content (AvgIpc) is 2.26. The van der Waals surface area contributed by atoms with Gasteiger partial charge in [0.25, 0.3) is 0 Å². The van der Waals surface area contributed by atoms with Gasteiger partial charge in [0, 0.05) is 12.9 Å². The summed E-state index contributed by atoms with van der Waals surface area (Å²) in [6.45, 7) is 1.52. The van der Waals surface area contributed by atoms with Crippen LogP contribution in [0.15, 0.2) is 0 Å². The predicted molar refractivity (Wildman–Crippen MR) is 64.8 cm³/mol. The third-order valence-corrected chi connectivity index (χ3v) is 4.44. The highest BCUT2D eigenvalue weighted by atomic mass is 32.2. The van der Waals surface area contributed by atoms with Gasteiger partial charge in [-0.3, -0.25) is 5.32 Å². The second-order valence-electron chi connectivity index (χ2n) is 4.38. The molecule has 0 radical (unpaired) electrons. The van der Waals surface area contributed by atoms with E-state index in [1.165, 1.54) is 18.9 Å². The van der Waals surface area contributed by atoms with Gasteiger partial charge in [-0.15, -0.1) is 0 Å². The molecule has 17 heavy (non-hydrogen) atoms. The zero-order chi connectivity index (χ0) is 13.1. The smallest absolute Gasteiger partial charge is 0.102 e. The van der Waals surface area contributed by atoms with E-state index < -0.39 is 29.2 Å².